The van der Waals surface area contributed by atoms with Crippen LogP contribution in [0.3, 0.4) is 0 Å². The number of aryl methyl sites for hydroxylation is 2. The summed E-state index contributed by atoms with van der Waals surface area (Å²) in [5.74, 6) is 0.851. The van der Waals surface area contributed by atoms with Crippen LogP contribution >= 0.6 is 22.9 Å². The van der Waals surface area contributed by atoms with Crippen molar-refractivity contribution in [3.05, 3.63) is 40.0 Å². The average Bonchev–Trinajstić information content (AvgIpc) is 3.17. The van der Waals surface area contributed by atoms with Crippen molar-refractivity contribution >= 4 is 45.1 Å². The van der Waals surface area contributed by atoms with Gasteiger partial charge in [-0.25, -0.2) is 9.78 Å². The lowest BCUT2D eigenvalue weighted by molar-refractivity contribution is 0.105. The number of carbonyl (C=O) groups excluding carboxylic acids is 1. The van der Waals surface area contributed by atoms with Crippen LogP contribution in [-0.4, -0.2) is 53.7 Å². The molecule has 6 nitrogen and oxygen atoms in total. The van der Waals surface area contributed by atoms with Gasteiger partial charge in [0.1, 0.15) is 10.6 Å². The molecule has 2 aromatic heterocycles. The van der Waals surface area contributed by atoms with Crippen LogP contribution in [0.1, 0.15) is 31.2 Å². The van der Waals surface area contributed by atoms with E-state index in [-0.39, 0.29) is 11.4 Å². The minimum Gasteiger partial charge on any atom is -0.450 e. The molecule has 0 unspecified atom stereocenters. The van der Waals surface area contributed by atoms with Crippen molar-refractivity contribution in [1.82, 2.24) is 14.9 Å². The topological polar surface area (TPSA) is 58.6 Å². The number of carbonyl (C=O) groups is 1. The molecule has 0 atom stereocenters. The molecule has 1 aliphatic heterocycles. The average molecular weight is 459 g/mol. The Labute approximate surface area is 191 Å². The van der Waals surface area contributed by atoms with Crippen LogP contribution in [0.15, 0.2) is 24.3 Å². The van der Waals surface area contributed by atoms with Gasteiger partial charge < -0.3 is 14.5 Å². The van der Waals surface area contributed by atoms with Crippen molar-refractivity contribution in [1.29, 1.82) is 0 Å². The third-order valence-electron chi connectivity index (χ3n) is 5.66. The summed E-state index contributed by atoms with van der Waals surface area (Å²) in [6.45, 7) is 9.07. The van der Waals surface area contributed by atoms with Crippen molar-refractivity contribution < 1.29 is 9.53 Å². The zero-order valence-electron chi connectivity index (χ0n) is 18.2. The van der Waals surface area contributed by atoms with Crippen LogP contribution in [0, 0.1) is 0 Å². The molecule has 1 amide bonds. The Balaban J connectivity index is 1.75. The van der Waals surface area contributed by atoms with Crippen molar-refractivity contribution in [3.8, 4) is 11.1 Å². The zero-order chi connectivity index (χ0) is 22.0. The molecule has 1 fully saturated rings. The first-order chi connectivity index (χ1) is 15.0. The Morgan fingerprint density at radius 2 is 1.77 bits per heavy atom. The maximum atomic E-state index is 12.1. The minimum absolute atomic E-state index is 0.256. The van der Waals surface area contributed by atoms with Crippen LogP contribution < -0.4 is 4.90 Å². The molecule has 0 radical (unpaired) electrons. The predicted octanol–water partition coefficient (Wildman–Crippen LogP) is 5.42. The normalized spacial score (nSPS) is 14.3. The molecule has 0 N–H and O–H groups in total. The summed E-state index contributed by atoms with van der Waals surface area (Å²) in [6, 6.07) is 8.76. The van der Waals surface area contributed by atoms with E-state index in [0.29, 0.717) is 32.8 Å². The first-order valence-corrected chi connectivity index (χ1v) is 12.0. The molecule has 8 heteroatoms. The monoisotopic (exact) mass is 458 g/mol. The number of amides is 1. The van der Waals surface area contributed by atoms with E-state index in [0.717, 1.165) is 28.9 Å². The Hall–Kier alpha value is -2.38. The first kappa shape index (κ1) is 21.8. The van der Waals surface area contributed by atoms with Gasteiger partial charge in [-0.05, 0) is 42.5 Å². The molecule has 1 aromatic carbocycles. The number of piperazine rings is 1. The number of ether oxygens (including phenoxy) is 1. The maximum Gasteiger partial charge on any atom is 0.409 e. The van der Waals surface area contributed by atoms with Crippen LogP contribution in [0.4, 0.5) is 10.6 Å². The number of thiophene rings is 1. The molecule has 164 valence electrons. The van der Waals surface area contributed by atoms with Gasteiger partial charge in [0.2, 0.25) is 5.28 Å². The van der Waals surface area contributed by atoms with Crippen molar-refractivity contribution in [2.45, 2.75) is 33.6 Å². The fraction of sp³-hybridized carbons (Fsp3) is 0.435. The lowest BCUT2D eigenvalue weighted by Crippen LogP contribution is -2.49. The second kappa shape index (κ2) is 9.40. The highest BCUT2D eigenvalue weighted by molar-refractivity contribution is 7.19. The Kier molecular flexibility index (Phi) is 6.62. The van der Waals surface area contributed by atoms with Crippen LogP contribution in [-0.2, 0) is 17.6 Å². The summed E-state index contributed by atoms with van der Waals surface area (Å²) < 4.78 is 5.15. The van der Waals surface area contributed by atoms with E-state index in [1.54, 1.807) is 16.2 Å². The van der Waals surface area contributed by atoms with Crippen molar-refractivity contribution in [2.24, 2.45) is 0 Å². The standard InChI is InChI=1S/C23H27ClN4O2S/c1-4-15-7-9-16(10-8-15)18-17(5-2)31-21-19(18)20(25-22(24)26-21)27-11-13-28(14-12-27)23(29)30-6-3/h7-10H,4-6,11-14H2,1-3H3. The van der Waals surface area contributed by atoms with Gasteiger partial charge in [-0.15, -0.1) is 11.3 Å². The van der Waals surface area contributed by atoms with Crippen LogP contribution in [0.5, 0.6) is 0 Å². The fourth-order valence-electron chi connectivity index (χ4n) is 4.01. The molecular formula is C23H27ClN4O2S. The molecule has 3 aromatic rings. The van der Waals surface area contributed by atoms with Crippen molar-refractivity contribution in [2.75, 3.05) is 37.7 Å². The van der Waals surface area contributed by atoms with Crippen molar-refractivity contribution in [3.63, 3.8) is 0 Å². The third kappa shape index (κ3) is 4.34. The van der Waals surface area contributed by atoms with E-state index >= 15 is 0 Å². The fourth-order valence-corrected chi connectivity index (χ4v) is 5.35. The van der Waals surface area contributed by atoms with Gasteiger partial charge in [0.25, 0.3) is 0 Å². The Bertz CT molecular complexity index is 1080. The molecule has 31 heavy (non-hydrogen) atoms. The van der Waals surface area contributed by atoms with E-state index in [1.807, 2.05) is 6.92 Å². The summed E-state index contributed by atoms with van der Waals surface area (Å²) in [7, 11) is 0. The molecule has 0 bridgehead atoms. The summed E-state index contributed by atoms with van der Waals surface area (Å²) in [6.07, 6.45) is 1.67. The number of rotatable bonds is 5. The highest BCUT2D eigenvalue weighted by Crippen LogP contribution is 2.43. The smallest absolute Gasteiger partial charge is 0.409 e. The molecule has 0 saturated carbocycles. The van der Waals surface area contributed by atoms with E-state index < -0.39 is 0 Å². The lowest BCUT2D eigenvalue weighted by Gasteiger charge is -2.35. The molecular weight excluding hydrogens is 432 g/mol. The van der Waals surface area contributed by atoms with E-state index in [4.69, 9.17) is 16.3 Å². The molecule has 4 rings (SSSR count). The maximum absolute atomic E-state index is 12.1. The number of benzene rings is 1. The van der Waals surface area contributed by atoms with Crippen LogP contribution in [0.2, 0.25) is 5.28 Å². The zero-order valence-corrected chi connectivity index (χ0v) is 19.7. The van der Waals surface area contributed by atoms with Gasteiger partial charge in [0.05, 0.1) is 12.0 Å². The quantitative estimate of drug-likeness (QED) is 0.478. The van der Waals surface area contributed by atoms with Gasteiger partial charge in [-0.2, -0.15) is 4.98 Å². The number of halogens is 1. The number of anilines is 1. The third-order valence-corrected chi connectivity index (χ3v) is 7.05. The summed E-state index contributed by atoms with van der Waals surface area (Å²) >= 11 is 8.01. The highest BCUT2D eigenvalue weighted by Gasteiger charge is 2.27. The molecule has 0 spiro atoms. The Morgan fingerprint density at radius 1 is 1.06 bits per heavy atom. The second-order valence-electron chi connectivity index (χ2n) is 7.47. The molecule has 1 aliphatic rings. The number of aromatic nitrogens is 2. The largest absolute Gasteiger partial charge is 0.450 e. The number of hydrogen-bond acceptors (Lipinski definition) is 6. The Morgan fingerprint density at radius 3 is 2.39 bits per heavy atom. The second-order valence-corrected chi connectivity index (χ2v) is 8.90. The van der Waals surface area contributed by atoms with E-state index in [2.05, 4.69) is 53.0 Å². The molecule has 0 aliphatic carbocycles. The predicted molar refractivity (Wildman–Crippen MR) is 127 cm³/mol. The van der Waals surface area contributed by atoms with Gasteiger partial charge in [-0.1, -0.05) is 38.1 Å². The molecule has 1 saturated heterocycles. The number of hydrogen-bond donors (Lipinski definition) is 0. The number of fused-ring (bicyclic) bond motifs is 1. The van der Waals surface area contributed by atoms with E-state index in [1.165, 1.54) is 21.6 Å². The van der Waals surface area contributed by atoms with Gasteiger partial charge >= 0.3 is 6.09 Å². The summed E-state index contributed by atoms with van der Waals surface area (Å²) in [5, 5.41) is 1.31. The van der Waals surface area contributed by atoms with Gasteiger partial charge in [0, 0.05) is 36.6 Å². The minimum atomic E-state index is -0.256. The molecule has 3 heterocycles. The lowest BCUT2D eigenvalue weighted by atomic mass is 10.00. The van der Waals surface area contributed by atoms with Crippen LogP contribution in [0.25, 0.3) is 21.3 Å². The highest BCUT2D eigenvalue weighted by atomic mass is 35.5. The number of nitrogens with zero attached hydrogens (tertiary/aromatic N) is 4. The first-order valence-electron chi connectivity index (χ1n) is 10.8. The van der Waals surface area contributed by atoms with Gasteiger partial charge in [-0.3, -0.25) is 0 Å². The summed E-state index contributed by atoms with van der Waals surface area (Å²) in [5.41, 5.74) is 3.69. The van der Waals surface area contributed by atoms with Gasteiger partial charge in [0.15, 0.2) is 0 Å². The SMILES string of the molecule is CCOC(=O)N1CCN(c2nc(Cl)nc3sc(CC)c(-c4ccc(CC)cc4)c23)CC1. The van der Waals surface area contributed by atoms with E-state index in [9.17, 15) is 4.79 Å². The summed E-state index contributed by atoms with van der Waals surface area (Å²) in [4.78, 5) is 27.4.